The lowest BCUT2D eigenvalue weighted by molar-refractivity contribution is -0.614. The van der Waals surface area contributed by atoms with E-state index in [0.717, 1.165) is 25.7 Å². The van der Waals surface area contributed by atoms with Gasteiger partial charge in [-0.05, 0) is 25.3 Å². The Hall–Kier alpha value is -1.29. The molecule has 2 unspecified atom stereocenters. The Labute approximate surface area is 88.7 Å². The molecule has 0 bridgehead atoms. The quantitative estimate of drug-likeness (QED) is 0.584. The molecule has 2 atom stereocenters. The maximum Gasteiger partial charge on any atom is 0.379 e. The van der Waals surface area contributed by atoms with E-state index in [-0.39, 0.29) is 12.0 Å². The van der Waals surface area contributed by atoms with Gasteiger partial charge in [0.1, 0.15) is 6.10 Å². The molecule has 0 radical (unpaired) electrons. The van der Waals surface area contributed by atoms with Gasteiger partial charge in [-0.15, -0.1) is 4.73 Å². The number of nitrogens with zero attached hydrogens (tertiary/aromatic N) is 1. The van der Waals surface area contributed by atoms with E-state index in [1.165, 1.54) is 6.20 Å². The summed E-state index contributed by atoms with van der Waals surface area (Å²) in [4.78, 5) is 0. The molecule has 1 aliphatic carbocycles. The van der Waals surface area contributed by atoms with Crippen LogP contribution in [0.4, 0.5) is 0 Å². The molecule has 1 aromatic heterocycles. The van der Waals surface area contributed by atoms with Gasteiger partial charge in [0.05, 0.1) is 12.2 Å². The van der Waals surface area contributed by atoms with Crippen LogP contribution in [0.1, 0.15) is 25.7 Å². The Balaban J connectivity index is 2.04. The van der Waals surface area contributed by atoms with E-state index < -0.39 is 6.10 Å². The molecule has 1 heterocycles. The van der Waals surface area contributed by atoms with E-state index in [2.05, 4.69) is 0 Å². The zero-order chi connectivity index (χ0) is 10.7. The van der Waals surface area contributed by atoms with Gasteiger partial charge in [-0.3, -0.25) is 0 Å². The highest BCUT2D eigenvalue weighted by atomic mass is 16.6. The van der Waals surface area contributed by atoms with E-state index in [1.54, 1.807) is 18.2 Å². The zero-order valence-corrected chi connectivity index (χ0v) is 8.50. The fourth-order valence-electron chi connectivity index (χ4n) is 1.87. The summed E-state index contributed by atoms with van der Waals surface area (Å²) in [7, 11) is 0. The van der Waals surface area contributed by atoms with Gasteiger partial charge in [0.2, 0.25) is 0 Å². The maximum absolute atomic E-state index is 11.3. The summed E-state index contributed by atoms with van der Waals surface area (Å²) in [6, 6.07) is 5.02. The summed E-state index contributed by atoms with van der Waals surface area (Å²) in [5, 5.41) is 21.0. The third-order valence-electron chi connectivity index (χ3n) is 2.73. The summed E-state index contributed by atoms with van der Waals surface area (Å²) < 4.78 is 6.18. The molecule has 1 N–H and O–H groups in total. The lowest BCUT2D eigenvalue weighted by Gasteiger charge is -2.26. The molecule has 4 nitrogen and oxygen atoms in total. The lowest BCUT2D eigenvalue weighted by Crippen LogP contribution is -2.39. The van der Waals surface area contributed by atoms with Gasteiger partial charge in [-0.1, -0.05) is 6.42 Å². The largest absolute Gasteiger partial charge is 0.616 e. The molecule has 15 heavy (non-hydrogen) atoms. The Morgan fingerprint density at radius 1 is 1.33 bits per heavy atom. The molecule has 1 saturated carbocycles. The number of hydrogen-bond donors (Lipinski definition) is 1. The second-order valence-electron chi connectivity index (χ2n) is 3.87. The Morgan fingerprint density at radius 3 is 2.87 bits per heavy atom. The first-order chi connectivity index (χ1) is 7.27. The Morgan fingerprint density at radius 2 is 2.13 bits per heavy atom. The van der Waals surface area contributed by atoms with Crippen molar-refractivity contribution in [1.29, 1.82) is 0 Å². The van der Waals surface area contributed by atoms with Gasteiger partial charge in [0.25, 0.3) is 0 Å². The lowest BCUT2D eigenvalue weighted by atomic mass is 9.95. The van der Waals surface area contributed by atoms with Crippen molar-refractivity contribution in [2.75, 3.05) is 0 Å². The number of aromatic nitrogens is 1. The molecule has 0 amide bonds. The average Bonchev–Trinajstić information content (AvgIpc) is 2.24. The molecule has 82 valence electrons. The van der Waals surface area contributed by atoms with E-state index in [4.69, 9.17) is 4.74 Å². The van der Waals surface area contributed by atoms with Crippen LogP contribution < -0.4 is 9.47 Å². The molecule has 0 saturated heterocycles. The van der Waals surface area contributed by atoms with Crippen molar-refractivity contribution in [3.05, 3.63) is 29.6 Å². The fourth-order valence-corrected chi connectivity index (χ4v) is 1.87. The smallest absolute Gasteiger partial charge is 0.379 e. The van der Waals surface area contributed by atoms with Crippen LogP contribution in [-0.4, -0.2) is 17.3 Å². The number of hydrogen-bond acceptors (Lipinski definition) is 3. The van der Waals surface area contributed by atoms with E-state index >= 15 is 0 Å². The highest BCUT2D eigenvalue weighted by molar-refractivity contribution is 5.04. The summed E-state index contributed by atoms with van der Waals surface area (Å²) in [6.45, 7) is 0. The van der Waals surface area contributed by atoms with Crippen LogP contribution in [-0.2, 0) is 0 Å². The van der Waals surface area contributed by atoms with Crippen LogP contribution in [0.5, 0.6) is 5.88 Å². The first-order valence-electron chi connectivity index (χ1n) is 5.30. The average molecular weight is 209 g/mol. The molecule has 0 spiro atoms. The summed E-state index contributed by atoms with van der Waals surface area (Å²) >= 11 is 0. The highest BCUT2D eigenvalue weighted by Crippen LogP contribution is 2.21. The first kappa shape index (κ1) is 10.2. The maximum atomic E-state index is 11.3. The number of pyridine rings is 1. The standard InChI is InChI=1S/C11H15NO3/c13-9-5-1-2-6-10(9)15-11-7-3-4-8-12(11)14/h3-4,7-10,13H,1-2,5-6H2. The van der Waals surface area contributed by atoms with Crippen LogP contribution >= 0.6 is 0 Å². The van der Waals surface area contributed by atoms with Crippen molar-refractivity contribution in [3.8, 4) is 5.88 Å². The second-order valence-corrected chi connectivity index (χ2v) is 3.87. The van der Waals surface area contributed by atoms with Crippen molar-refractivity contribution in [2.24, 2.45) is 0 Å². The summed E-state index contributed by atoms with van der Waals surface area (Å²) in [5.41, 5.74) is 0. The minimum absolute atomic E-state index is 0.235. The molecule has 1 aromatic rings. The van der Waals surface area contributed by atoms with Crippen molar-refractivity contribution in [2.45, 2.75) is 37.9 Å². The number of ether oxygens (including phenoxy) is 1. The molecule has 0 aromatic carbocycles. The summed E-state index contributed by atoms with van der Waals surface area (Å²) in [5.74, 6) is 0.267. The normalized spacial score (nSPS) is 26.2. The molecular formula is C11H15NO3. The second kappa shape index (κ2) is 4.49. The van der Waals surface area contributed by atoms with Crippen molar-refractivity contribution in [3.63, 3.8) is 0 Å². The van der Waals surface area contributed by atoms with Gasteiger partial charge >= 0.3 is 5.88 Å². The number of aliphatic hydroxyl groups is 1. The number of aliphatic hydroxyl groups excluding tert-OH is 1. The van der Waals surface area contributed by atoms with Crippen LogP contribution in [0.25, 0.3) is 0 Å². The fraction of sp³-hybridized carbons (Fsp3) is 0.545. The van der Waals surface area contributed by atoms with Crippen LogP contribution in [0, 0.1) is 5.21 Å². The highest BCUT2D eigenvalue weighted by Gasteiger charge is 2.26. The van der Waals surface area contributed by atoms with Crippen LogP contribution in [0.2, 0.25) is 0 Å². The number of rotatable bonds is 2. The molecule has 0 aliphatic heterocycles. The molecule has 1 aliphatic rings. The molecular weight excluding hydrogens is 194 g/mol. The van der Waals surface area contributed by atoms with E-state index in [9.17, 15) is 10.3 Å². The zero-order valence-electron chi connectivity index (χ0n) is 8.50. The van der Waals surface area contributed by atoms with Crippen molar-refractivity contribution < 1.29 is 14.6 Å². The van der Waals surface area contributed by atoms with Crippen molar-refractivity contribution >= 4 is 0 Å². The van der Waals surface area contributed by atoms with E-state index in [1.807, 2.05) is 0 Å². The van der Waals surface area contributed by atoms with Gasteiger partial charge in [0.15, 0.2) is 6.20 Å². The van der Waals surface area contributed by atoms with E-state index in [0.29, 0.717) is 4.73 Å². The van der Waals surface area contributed by atoms with Gasteiger partial charge in [0, 0.05) is 6.07 Å². The van der Waals surface area contributed by atoms with Gasteiger partial charge in [-0.25, -0.2) is 0 Å². The third-order valence-corrected chi connectivity index (χ3v) is 2.73. The minimum Gasteiger partial charge on any atom is -0.616 e. The molecule has 1 fully saturated rings. The minimum atomic E-state index is -0.445. The Bertz CT molecular complexity index is 329. The predicted molar refractivity (Wildman–Crippen MR) is 54.3 cm³/mol. The van der Waals surface area contributed by atoms with Crippen molar-refractivity contribution in [1.82, 2.24) is 0 Å². The molecule has 2 rings (SSSR count). The predicted octanol–water partition coefficient (Wildman–Crippen LogP) is 1.00. The summed E-state index contributed by atoms with van der Waals surface area (Å²) in [6.07, 6.45) is 4.37. The SMILES string of the molecule is [O-][n+]1ccccc1OC1CCCCC1O. The molecule has 4 heteroatoms. The monoisotopic (exact) mass is 209 g/mol. The first-order valence-corrected chi connectivity index (χ1v) is 5.30. The Kier molecular flexibility index (Phi) is 3.06. The van der Waals surface area contributed by atoms with Crippen LogP contribution in [0.3, 0.4) is 0 Å². The van der Waals surface area contributed by atoms with Crippen LogP contribution in [0.15, 0.2) is 24.4 Å². The van der Waals surface area contributed by atoms with Gasteiger partial charge < -0.3 is 15.1 Å². The topological polar surface area (TPSA) is 56.4 Å². The third kappa shape index (κ3) is 2.39. The van der Waals surface area contributed by atoms with Gasteiger partial charge in [-0.2, -0.15) is 0 Å².